The van der Waals surface area contributed by atoms with Gasteiger partial charge in [-0.25, -0.2) is 19.2 Å². The van der Waals surface area contributed by atoms with Crippen LogP contribution in [0.25, 0.3) is 0 Å². The summed E-state index contributed by atoms with van der Waals surface area (Å²) < 4.78 is 19.0. The summed E-state index contributed by atoms with van der Waals surface area (Å²) >= 11 is 0. The van der Waals surface area contributed by atoms with Gasteiger partial charge in [0.2, 0.25) is 5.91 Å². The van der Waals surface area contributed by atoms with Crippen LogP contribution >= 0.6 is 0 Å². The number of carbonyl (C=O) groups is 2. The second-order valence-electron chi connectivity index (χ2n) is 9.35. The topological polar surface area (TPSA) is 117 Å². The minimum atomic E-state index is -1.03. The third-order valence-electron chi connectivity index (χ3n) is 6.92. The third-order valence-corrected chi connectivity index (χ3v) is 6.92. The molecule has 1 aromatic heterocycles. The van der Waals surface area contributed by atoms with Crippen molar-refractivity contribution in [3.63, 3.8) is 0 Å². The van der Waals surface area contributed by atoms with Crippen molar-refractivity contribution in [2.75, 3.05) is 31.6 Å². The Morgan fingerprint density at radius 2 is 2.00 bits per heavy atom. The Balaban J connectivity index is 1.30. The van der Waals surface area contributed by atoms with E-state index in [0.29, 0.717) is 55.2 Å². The Kier molecular flexibility index (Phi) is 7.32. The second kappa shape index (κ2) is 10.2. The summed E-state index contributed by atoms with van der Waals surface area (Å²) in [6, 6.07) is 4.57. The van der Waals surface area contributed by atoms with Crippen LogP contribution in [0.4, 0.5) is 10.1 Å². The molecule has 0 bridgehead atoms. The quantitative estimate of drug-likeness (QED) is 0.385. The van der Waals surface area contributed by atoms with Crippen molar-refractivity contribution in [2.45, 2.75) is 51.3 Å². The van der Waals surface area contributed by atoms with Crippen LogP contribution in [0, 0.1) is 25.6 Å². The molecule has 2 aromatic rings. The summed E-state index contributed by atoms with van der Waals surface area (Å²) in [5.74, 6) is -0.520. The lowest BCUT2D eigenvalue weighted by Gasteiger charge is -2.34. The van der Waals surface area contributed by atoms with Crippen molar-refractivity contribution in [1.82, 2.24) is 20.6 Å². The first-order chi connectivity index (χ1) is 16.7. The zero-order chi connectivity index (χ0) is 25.2. The second-order valence-corrected chi connectivity index (χ2v) is 9.35. The number of amides is 1. The van der Waals surface area contributed by atoms with Gasteiger partial charge in [0.25, 0.3) is 0 Å². The summed E-state index contributed by atoms with van der Waals surface area (Å²) in [6.45, 7) is 5.39. The molecule has 2 aliphatic rings. The van der Waals surface area contributed by atoms with E-state index in [4.69, 9.17) is 4.74 Å². The standard InChI is InChI=1S/C25H32FN5O4/c1-15-18(14-27-16(2)29-15)22(32)30-25(9-10-25)24(34)28-13-17-7-11-31(12-8-17)20-6-4-5-19(26)21(20)23(33)35-3/h4-6,14,17,22,30,32H,7-13H2,1-3H3,(H,28,34). The maximum atomic E-state index is 14.3. The van der Waals surface area contributed by atoms with Gasteiger partial charge in [0, 0.05) is 37.1 Å². The van der Waals surface area contributed by atoms with Gasteiger partial charge in [-0.1, -0.05) is 6.07 Å². The number of aliphatic hydroxyl groups excluding tert-OH is 1. The van der Waals surface area contributed by atoms with E-state index in [9.17, 15) is 19.1 Å². The minimum Gasteiger partial charge on any atom is -0.465 e. The van der Waals surface area contributed by atoms with E-state index in [0.717, 1.165) is 12.8 Å². The number of anilines is 1. The molecule has 2 heterocycles. The number of piperidine rings is 1. The zero-order valence-electron chi connectivity index (χ0n) is 20.3. The summed E-state index contributed by atoms with van der Waals surface area (Å²) in [6.07, 6.45) is 3.44. The van der Waals surface area contributed by atoms with Crippen molar-refractivity contribution in [1.29, 1.82) is 0 Å². The van der Waals surface area contributed by atoms with Gasteiger partial charge in [-0.3, -0.25) is 10.1 Å². The lowest BCUT2D eigenvalue weighted by Crippen LogP contribution is -2.49. The summed E-state index contributed by atoms with van der Waals surface area (Å²) in [5.41, 5.74) is 0.940. The maximum absolute atomic E-state index is 14.3. The molecule has 2 fully saturated rings. The van der Waals surface area contributed by atoms with Crippen LogP contribution in [0.2, 0.25) is 0 Å². The van der Waals surface area contributed by atoms with Crippen LogP contribution in [0.3, 0.4) is 0 Å². The molecule has 35 heavy (non-hydrogen) atoms. The largest absolute Gasteiger partial charge is 0.465 e. The molecule has 0 radical (unpaired) electrons. The number of hydrogen-bond donors (Lipinski definition) is 3. The van der Waals surface area contributed by atoms with E-state index < -0.39 is 23.6 Å². The number of benzene rings is 1. The van der Waals surface area contributed by atoms with Crippen molar-refractivity contribution >= 4 is 17.6 Å². The van der Waals surface area contributed by atoms with E-state index in [1.807, 2.05) is 4.90 Å². The fourth-order valence-corrected chi connectivity index (χ4v) is 4.63. The molecular weight excluding hydrogens is 453 g/mol. The van der Waals surface area contributed by atoms with Crippen LogP contribution < -0.4 is 15.5 Å². The molecule has 1 atom stereocenters. The third kappa shape index (κ3) is 5.43. The molecule has 9 nitrogen and oxygen atoms in total. The van der Waals surface area contributed by atoms with Crippen molar-refractivity contribution in [3.8, 4) is 0 Å². The number of aromatic nitrogens is 2. The van der Waals surface area contributed by atoms with Gasteiger partial charge < -0.3 is 20.1 Å². The number of hydrogen-bond acceptors (Lipinski definition) is 8. The Bertz CT molecular complexity index is 1100. The van der Waals surface area contributed by atoms with Gasteiger partial charge in [0.1, 0.15) is 29.0 Å². The normalized spacial score (nSPS) is 18.1. The van der Waals surface area contributed by atoms with Gasteiger partial charge in [-0.05, 0) is 57.6 Å². The number of aliphatic hydroxyl groups is 1. The van der Waals surface area contributed by atoms with Crippen LogP contribution in [0.15, 0.2) is 24.4 Å². The predicted molar refractivity (Wildman–Crippen MR) is 127 cm³/mol. The van der Waals surface area contributed by atoms with Crippen molar-refractivity contribution in [3.05, 3.63) is 52.9 Å². The van der Waals surface area contributed by atoms with E-state index in [1.54, 1.807) is 32.2 Å². The van der Waals surface area contributed by atoms with E-state index in [-0.39, 0.29) is 17.4 Å². The van der Waals surface area contributed by atoms with E-state index >= 15 is 0 Å². The summed E-state index contributed by atoms with van der Waals surface area (Å²) in [4.78, 5) is 35.4. The highest BCUT2D eigenvalue weighted by atomic mass is 19.1. The monoisotopic (exact) mass is 485 g/mol. The molecule has 1 unspecified atom stereocenters. The van der Waals surface area contributed by atoms with Gasteiger partial charge >= 0.3 is 5.97 Å². The Morgan fingerprint density at radius 1 is 1.29 bits per heavy atom. The Hall–Kier alpha value is -3.11. The number of ether oxygens (including phenoxy) is 1. The Labute approximate surface area is 204 Å². The number of esters is 1. The molecule has 1 aliphatic heterocycles. The lowest BCUT2D eigenvalue weighted by atomic mass is 9.95. The molecule has 10 heteroatoms. The number of nitrogens with one attached hydrogen (secondary N) is 2. The average molecular weight is 486 g/mol. The number of rotatable bonds is 8. The molecule has 1 saturated heterocycles. The smallest absolute Gasteiger partial charge is 0.342 e. The first kappa shape index (κ1) is 25.0. The molecule has 4 rings (SSSR count). The molecule has 1 amide bonds. The minimum absolute atomic E-state index is 0.0451. The summed E-state index contributed by atoms with van der Waals surface area (Å²) in [7, 11) is 1.24. The number of nitrogens with zero attached hydrogens (tertiary/aromatic N) is 3. The fourth-order valence-electron chi connectivity index (χ4n) is 4.63. The first-order valence-corrected chi connectivity index (χ1v) is 11.9. The molecule has 0 spiro atoms. The van der Waals surface area contributed by atoms with Gasteiger partial charge in [0.15, 0.2) is 0 Å². The average Bonchev–Trinajstić information content (AvgIpc) is 3.62. The number of aryl methyl sites for hydroxylation is 2. The van der Waals surface area contributed by atoms with Crippen LogP contribution in [0.1, 0.15) is 59.4 Å². The molecule has 1 saturated carbocycles. The van der Waals surface area contributed by atoms with E-state index in [1.165, 1.54) is 13.2 Å². The Morgan fingerprint density at radius 3 is 2.63 bits per heavy atom. The SMILES string of the molecule is COC(=O)c1c(F)cccc1N1CCC(CNC(=O)C2(NC(O)c3cnc(C)nc3C)CC2)CC1. The molecule has 1 aromatic carbocycles. The van der Waals surface area contributed by atoms with Crippen LogP contribution in [-0.2, 0) is 9.53 Å². The van der Waals surface area contributed by atoms with Crippen molar-refractivity contribution in [2.24, 2.45) is 5.92 Å². The number of halogens is 1. The highest BCUT2D eigenvalue weighted by Gasteiger charge is 2.51. The maximum Gasteiger partial charge on any atom is 0.342 e. The van der Waals surface area contributed by atoms with Crippen molar-refractivity contribution < 1.29 is 23.8 Å². The van der Waals surface area contributed by atoms with Crippen LogP contribution in [-0.4, -0.2) is 59.2 Å². The van der Waals surface area contributed by atoms with E-state index in [2.05, 4.69) is 20.6 Å². The number of methoxy groups -OCH3 is 1. The van der Waals surface area contributed by atoms with Crippen LogP contribution in [0.5, 0.6) is 0 Å². The predicted octanol–water partition coefficient (Wildman–Crippen LogP) is 2.17. The number of carbonyl (C=O) groups excluding carboxylic acids is 2. The molecular formula is C25H32FN5O4. The first-order valence-electron chi connectivity index (χ1n) is 11.9. The molecule has 1 aliphatic carbocycles. The fraction of sp³-hybridized carbons (Fsp3) is 0.520. The van der Waals surface area contributed by atoms with Gasteiger partial charge in [-0.15, -0.1) is 0 Å². The van der Waals surface area contributed by atoms with Gasteiger partial charge in [0.05, 0.1) is 12.8 Å². The lowest BCUT2D eigenvalue weighted by molar-refractivity contribution is -0.125. The highest BCUT2D eigenvalue weighted by molar-refractivity contribution is 5.96. The zero-order valence-corrected chi connectivity index (χ0v) is 20.3. The summed E-state index contributed by atoms with van der Waals surface area (Å²) in [5, 5.41) is 16.7. The highest BCUT2D eigenvalue weighted by Crippen LogP contribution is 2.38. The van der Waals surface area contributed by atoms with Gasteiger partial charge in [-0.2, -0.15) is 0 Å². The molecule has 188 valence electrons. The molecule has 3 N–H and O–H groups in total.